The maximum atomic E-state index is 12.4. The van der Waals surface area contributed by atoms with E-state index < -0.39 is 11.9 Å². The first kappa shape index (κ1) is 16.4. The molecule has 0 amide bonds. The van der Waals surface area contributed by atoms with Crippen molar-refractivity contribution in [1.82, 2.24) is 15.2 Å². The van der Waals surface area contributed by atoms with E-state index in [9.17, 15) is 13.2 Å². The molecule has 6 nitrogen and oxygen atoms in total. The molecule has 1 aliphatic heterocycles. The van der Waals surface area contributed by atoms with E-state index in [-0.39, 0.29) is 5.82 Å². The minimum Gasteiger partial charge on any atom is -0.378 e. The summed E-state index contributed by atoms with van der Waals surface area (Å²) in [7, 11) is 0. The molecule has 128 valence electrons. The van der Waals surface area contributed by atoms with Crippen LogP contribution in [0.15, 0.2) is 30.5 Å². The molecule has 0 bridgehead atoms. The van der Waals surface area contributed by atoms with Crippen LogP contribution in [0.1, 0.15) is 11.3 Å². The number of rotatable bonds is 4. The van der Waals surface area contributed by atoms with Crippen LogP contribution in [0.3, 0.4) is 0 Å². The summed E-state index contributed by atoms with van der Waals surface area (Å²) >= 11 is 0. The second-order valence-electron chi connectivity index (χ2n) is 5.28. The molecule has 0 aromatic carbocycles. The predicted octanol–water partition coefficient (Wildman–Crippen LogP) is 2.34. The number of nitrogens with one attached hydrogen (secondary N) is 1. The molecule has 2 aromatic rings. The van der Waals surface area contributed by atoms with Crippen molar-refractivity contribution >= 4 is 11.6 Å². The normalized spacial score (nSPS) is 15.4. The third-order valence-corrected chi connectivity index (χ3v) is 3.57. The van der Waals surface area contributed by atoms with Crippen molar-refractivity contribution in [2.75, 3.05) is 36.5 Å². The molecule has 0 aliphatic carbocycles. The SMILES string of the molecule is FC(F)(F)c1ccc(NCc2ccnc(N3CCOCC3)c2)nn1. The largest absolute Gasteiger partial charge is 0.435 e. The van der Waals surface area contributed by atoms with Crippen LogP contribution >= 0.6 is 0 Å². The maximum Gasteiger partial charge on any atom is 0.435 e. The number of hydrogen-bond acceptors (Lipinski definition) is 6. The molecule has 3 heterocycles. The van der Waals surface area contributed by atoms with Crippen molar-refractivity contribution in [2.45, 2.75) is 12.7 Å². The molecule has 2 aromatic heterocycles. The summed E-state index contributed by atoms with van der Waals surface area (Å²) in [5, 5.41) is 9.69. The zero-order valence-corrected chi connectivity index (χ0v) is 12.8. The number of halogens is 3. The zero-order chi connectivity index (χ0) is 17.0. The van der Waals surface area contributed by atoms with Crippen molar-refractivity contribution in [3.05, 3.63) is 41.7 Å². The van der Waals surface area contributed by atoms with Gasteiger partial charge in [-0.25, -0.2) is 4.98 Å². The highest BCUT2D eigenvalue weighted by Gasteiger charge is 2.32. The van der Waals surface area contributed by atoms with Crippen LogP contribution < -0.4 is 10.2 Å². The van der Waals surface area contributed by atoms with Gasteiger partial charge in [0.05, 0.1) is 13.2 Å². The summed E-state index contributed by atoms with van der Waals surface area (Å²) in [4.78, 5) is 6.48. The zero-order valence-electron chi connectivity index (χ0n) is 12.8. The Kier molecular flexibility index (Phi) is 4.79. The van der Waals surface area contributed by atoms with Crippen LogP contribution in [-0.4, -0.2) is 41.5 Å². The highest BCUT2D eigenvalue weighted by atomic mass is 19.4. The molecule has 0 saturated carbocycles. The van der Waals surface area contributed by atoms with Crippen LogP contribution in [0.2, 0.25) is 0 Å². The van der Waals surface area contributed by atoms with Crippen LogP contribution in [0.4, 0.5) is 24.8 Å². The molecule has 1 aliphatic rings. The average molecular weight is 339 g/mol. The van der Waals surface area contributed by atoms with Gasteiger partial charge in [-0.1, -0.05) is 0 Å². The first-order chi connectivity index (χ1) is 11.5. The van der Waals surface area contributed by atoms with Crippen molar-refractivity contribution in [3.8, 4) is 0 Å². The molecule has 0 atom stereocenters. The number of anilines is 2. The Hall–Kier alpha value is -2.42. The van der Waals surface area contributed by atoms with Gasteiger partial charge in [0.1, 0.15) is 11.6 Å². The van der Waals surface area contributed by atoms with Gasteiger partial charge in [0, 0.05) is 25.8 Å². The lowest BCUT2D eigenvalue weighted by atomic mass is 10.2. The fourth-order valence-corrected chi connectivity index (χ4v) is 2.31. The number of hydrogen-bond donors (Lipinski definition) is 1. The maximum absolute atomic E-state index is 12.4. The Bertz CT molecular complexity index is 672. The van der Waals surface area contributed by atoms with Gasteiger partial charge in [0.2, 0.25) is 0 Å². The van der Waals surface area contributed by atoms with Crippen LogP contribution in [0.25, 0.3) is 0 Å². The van der Waals surface area contributed by atoms with Gasteiger partial charge in [-0.3, -0.25) is 0 Å². The molecule has 0 radical (unpaired) electrons. The van der Waals surface area contributed by atoms with Crippen molar-refractivity contribution < 1.29 is 17.9 Å². The topological polar surface area (TPSA) is 63.2 Å². The lowest BCUT2D eigenvalue weighted by Crippen LogP contribution is -2.36. The summed E-state index contributed by atoms with van der Waals surface area (Å²) in [6, 6.07) is 5.95. The van der Waals surface area contributed by atoms with E-state index >= 15 is 0 Å². The fourth-order valence-electron chi connectivity index (χ4n) is 2.31. The van der Waals surface area contributed by atoms with Gasteiger partial charge in [-0.2, -0.15) is 13.2 Å². The summed E-state index contributed by atoms with van der Waals surface area (Å²) in [5.74, 6) is 1.14. The van der Waals surface area contributed by atoms with Crippen molar-refractivity contribution in [3.63, 3.8) is 0 Å². The van der Waals surface area contributed by atoms with Gasteiger partial charge in [0.25, 0.3) is 0 Å². The summed E-state index contributed by atoms with van der Waals surface area (Å²) in [6.45, 7) is 3.33. The third-order valence-electron chi connectivity index (χ3n) is 3.57. The number of nitrogens with zero attached hydrogens (tertiary/aromatic N) is 4. The van der Waals surface area contributed by atoms with E-state index in [1.54, 1.807) is 6.20 Å². The van der Waals surface area contributed by atoms with Crippen LogP contribution in [0.5, 0.6) is 0 Å². The molecule has 9 heteroatoms. The third kappa shape index (κ3) is 4.10. The summed E-state index contributed by atoms with van der Waals surface area (Å²) in [5.41, 5.74) is -0.0558. The molecule has 24 heavy (non-hydrogen) atoms. The van der Waals surface area contributed by atoms with Crippen LogP contribution in [0, 0.1) is 0 Å². The van der Waals surface area contributed by atoms with Crippen molar-refractivity contribution in [2.24, 2.45) is 0 Å². The monoisotopic (exact) mass is 339 g/mol. The van der Waals surface area contributed by atoms with E-state index in [4.69, 9.17) is 4.74 Å². The fraction of sp³-hybridized carbons (Fsp3) is 0.400. The molecule has 1 fully saturated rings. The Balaban J connectivity index is 1.62. The van der Waals surface area contributed by atoms with Gasteiger partial charge >= 0.3 is 6.18 Å². The Morgan fingerprint density at radius 1 is 1.12 bits per heavy atom. The molecule has 0 spiro atoms. The van der Waals surface area contributed by atoms with Crippen LogP contribution in [-0.2, 0) is 17.5 Å². The highest BCUT2D eigenvalue weighted by Crippen LogP contribution is 2.27. The first-order valence-electron chi connectivity index (χ1n) is 7.45. The quantitative estimate of drug-likeness (QED) is 0.922. The minimum absolute atomic E-state index is 0.285. The number of morpholine rings is 1. The Morgan fingerprint density at radius 2 is 1.92 bits per heavy atom. The number of alkyl halides is 3. The van der Waals surface area contributed by atoms with E-state index in [0.29, 0.717) is 19.8 Å². The van der Waals surface area contributed by atoms with Gasteiger partial charge in [-0.15, -0.1) is 10.2 Å². The van der Waals surface area contributed by atoms with Gasteiger partial charge in [0.15, 0.2) is 5.69 Å². The van der Waals surface area contributed by atoms with Crippen molar-refractivity contribution in [1.29, 1.82) is 0 Å². The summed E-state index contributed by atoms with van der Waals surface area (Å²) < 4.78 is 42.7. The molecular weight excluding hydrogens is 323 g/mol. The predicted molar refractivity (Wildman–Crippen MR) is 81.6 cm³/mol. The van der Waals surface area contributed by atoms with Gasteiger partial charge in [-0.05, 0) is 29.8 Å². The second-order valence-corrected chi connectivity index (χ2v) is 5.28. The Labute approximate surface area is 136 Å². The van der Waals surface area contributed by atoms with E-state index in [1.807, 2.05) is 12.1 Å². The first-order valence-corrected chi connectivity index (χ1v) is 7.45. The average Bonchev–Trinajstić information content (AvgIpc) is 2.61. The molecule has 3 rings (SSSR count). The van der Waals surface area contributed by atoms with E-state index in [1.165, 1.54) is 6.07 Å². The number of pyridine rings is 1. The molecule has 0 unspecified atom stereocenters. The molecule has 1 N–H and O–H groups in total. The standard InChI is InChI=1S/C15H16F3N5O/c16-15(17,18)12-1-2-13(22-21-12)20-10-11-3-4-19-14(9-11)23-5-7-24-8-6-23/h1-4,9H,5-8,10H2,(H,20,22). The lowest BCUT2D eigenvalue weighted by molar-refractivity contribution is -0.141. The van der Waals surface area contributed by atoms with E-state index in [2.05, 4.69) is 25.4 Å². The lowest BCUT2D eigenvalue weighted by Gasteiger charge is -2.28. The number of aromatic nitrogens is 3. The van der Waals surface area contributed by atoms with E-state index in [0.717, 1.165) is 30.5 Å². The molecular formula is C15H16F3N5O. The molecule has 1 saturated heterocycles. The smallest absolute Gasteiger partial charge is 0.378 e. The summed E-state index contributed by atoms with van der Waals surface area (Å²) in [6.07, 6.45) is -2.77. The second kappa shape index (κ2) is 7.00. The highest BCUT2D eigenvalue weighted by molar-refractivity contribution is 5.43. The van der Waals surface area contributed by atoms with Gasteiger partial charge < -0.3 is 15.0 Å². The minimum atomic E-state index is -4.48. The number of ether oxygens (including phenoxy) is 1. The Morgan fingerprint density at radius 3 is 2.58 bits per heavy atom.